The smallest absolute Gasteiger partial charge is 0.255 e. The van der Waals surface area contributed by atoms with E-state index in [0.29, 0.717) is 16.3 Å². The number of amides is 1. The Hall–Kier alpha value is -2.38. The van der Waals surface area contributed by atoms with Crippen molar-refractivity contribution in [3.8, 4) is 6.07 Å². The average Bonchev–Trinajstić information content (AvgIpc) is 2.43. The van der Waals surface area contributed by atoms with Crippen molar-refractivity contribution in [2.45, 2.75) is 6.92 Å². The first-order chi connectivity index (χ1) is 9.51. The summed E-state index contributed by atoms with van der Waals surface area (Å²) < 4.78 is 13.2. The molecule has 0 radical (unpaired) electrons. The van der Waals surface area contributed by atoms with Crippen molar-refractivity contribution in [1.82, 2.24) is 0 Å². The number of anilines is 1. The largest absolute Gasteiger partial charge is 0.322 e. The molecule has 0 spiro atoms. The SMILES string of the molecule is Cc1ccc(Cl)cc1C(=O)Nc1ccc(F)c(C#N)c1. The zero-order chi connectivity index (χ0) is 14.7. The van der Waals surface area contributed by atoms with E-state index in [1.807, 2.05) is 0 Å². The van der Waals surface area contributed by atoms with E-state index in [2.05, 4.69) is 5.32 Å². The van der Waals surface area contributed by atoms with E-state index in [9.17, 15) is 9.18 Å². The third-order valence-corrected chi connectivity index (χ3v) is 3.02. The highest BCUT2D eigenvalue weighted by Crippen LogP contribution is 2.19. The summed E-state index contributed by atoms with van der Waals surface area (Å²) in [6, 6.07) is 10.5. The molecule has 2 rings (SSSR count). The third kappa shape index (κ3) is 2.95. The number of nitriles is 1. The van der Waals surface area contributed by atoms with E-state index in [4.69, 9.17) is 16.9 Å². The quantitative estimate of drug-likeness (QED) is 0.911. The van der Waals surface area contributed by atoms with Gasteiger partial charge in [0.1, 0.15) is 11.9 Å². The molecule has 0 saturated carbocycles. The predicted octanol–water partition coefficient (Wildman–Crippen LogP) is 3.91. The molecular weight excluding hydrogens is 279 g/mol. The predicted molar refractivity (Wildman–Crippen MR) is 75.3 cm³/mol. The number of hydrogen-bond donors (Lipinski definition) is 1. The maximum absolute atomic E-state index is 13.2. The monoisotopic (exact) mass is 288 g/mol. The molecule has 2 aromatic carbocycles. The van der Waals surface area contributed by atoms with Gasteiger partial charge in [-0.3, -0.25) is 4.79 Å². The normalized spacial score (nSPS) is 9.90. The van der Waals surface area contributed by atoms with E-state index in [1.54, 1.807) is 31.2 Å². The molecule has 0 aliphatic carbocycles. The van der Waals surface area contributed by atoms with Gasteiger partial charge < -0.3 is 5.32 Å². The van der Waals surface area contributed by atoms with Gasteiger partial charge in [-0.15, -0.1) is 0 Å². The molecule has 100 valence electrons. The molecule has 2 aromatic rings. The second-order valence-electron chi connectivity index (χ2n) is 4.22. The highest BCUT2D eigenvalue weighted by molar-refractivity contribution is 6.31. The molecule has 0 saturated heterocycles. The maximum Gasteiger partial charge on any atom is 0.255 e. The highest BCUT2D eigenvalue weighted by Gasteiger charge is 2.11. The maximum atomic E-state index is 13.2. The zero-order valence-electron chi connectivity index (χ0n) is 10.6. The van der Waals surface area contributed by atoms with E-state index in [0.717, 1.165) is 11.6 Å². The minimum absolute atomic E-state index is 0.120. The topological polar surface area (TPSA) is 52.9 Å². The summed E-state index contributed by atoms with van der Waals surface area (Å²) in [5, 5.41) is 11.8. The van der Waals surface area contributed by atoms with Gasteiger partial charge in [0.25, 0.3) is 5.91 Å². The Morgan fingerprint density at radius 2 is 2.05 bits per heavy atom. The number of nitrogens with zero attached hydrogens (tertiary/aromatic N) is 1. The number of carbonyl (C=O) groups excluding carboxylic acids is 1. The van der Waals surface area contributed by atoms with Crippen LogP contribution < -0.4 is 5.32 Å². The minimum atomic E-state index is -0.621. The number of halogens is 2. The molecule has 20 heavy (non-hydrogen) atoms. The lowest BCUT2D eigenvalue weighted by Gasteiger charge is -2.08. The molecule has 5 heteroatoms. The second-order valence-corrected chi connectivity index (χ2v) is 4.66. The van der Waals surface area contributed by atoms with Gasteiger partial charge in [0.15, 0.2) is 0 Å². The van der Waals surface area contributed by atoms with E-state index >= 15 is 0 Å². The molecule has 0 aliphatic rings. The first kappa shape index (κ1) is 14.0. The van der Waals surface area contributed by atoms with Gasteiger partial charge in [-0.25, -0.2) is 4.39 Å². The van der Waals surface area contributed by atoms with Crippen molar-refractivity contribution in [1.29, 1.82) is 5.26 Å². The first-order valence-electron chi connectivity index (χ1n) is 5.78. The summed E-state index contributed by atoms with van der Waals surface area (Å²) >= 11 is 5.86. The van der Waals surface area contributed by atoms with Gasteiger partial charge in [-0.05, 0) is 42.8 Å². The van der Waals surface area contributed by atoms with Crippen LogP contribution in [0.1, 0.15) is 21.5 Å². The first-order valence-corrected chi connectivity index (χ1v) is 6.16. The number of hydrogen-bond acceptors (Lipinski definition) is 2. The third-order valence-electron chi connectivity index (χ3n) is 2.79. The standard InChI is InChI=1S/C15H10ClFN2O/c1-9-2-3-11(16)7-13(9)15(20)19-12-4-5-14(17)10(6-12)8-18/h2-7H,1H3,(H,19,20). The molecule has 0 bridgehead atoms. The van der Waals surface area contributed by atoms with Crippen LogP contribution >= 0.6 is 11.6 Å². The number of rotatable bonds is 2. The summed E-state index contributed by atoms with van der Waals surface area (Å²) in [5.74, 6) is -0.982. The van der Waals surface area contributed by atoms with Crippen LogP contribution in [-0.2, 0) is 0 Å². The Bertz CT molecular complexity index is 722. The molecule has 0 unspecified atom stereocenters. The average molecular weight is 289 g/mol. The second kappa shape index (κ2) is 5.72. The Balaban J connectivity index is 2.28. The van der Waals surface area contributed by atoms with Crippen LogP contribution in [0.15, 0.2) is 36.4 Å². The lowest BCUT2D eigenvalue weighted by atomic mass is 10.1. The number of aryl methyl sites for hydroxylation is 1. The lowest BCUT2D eigenvalue weighted by molar-refractivity contribution is 0.102. The van der Waals surface area contributed by atoms with Crippen molar-refractivity contribution >= 4 is 23.2 Å². The van der Waals surface area contributed by atoms with Crippen molar-refractivity contribution in [3.63, 3.8) is 0 Å². The molecule has 0 atom stereocenters. The molecule has 0 aromatic heterocycles. The summed E-state index contributed by atoms with van der Waals surface area (Å²) in [6.45, 7) is 1.79. The molecule has 1 amide bonds. The van der Waals surface area contributed by atoms with Crippen molar-refractivity contribution < 1.29 is 9.18 Å². The van der Waals surface area contributed by atoms with Crippen LogP contribution in [0, 0.1) is 24.1 Å². The van der Waals surface area contributed by atoms with Gasteiger partial charge in [0, 0.05) is 16.3 Å². The molecule has 0 aliphatic heterocycles. The van der Waals surface area contributed by atoms with Gasteiger partial charge in [-0.1, -0.05) is 17.7 Å². The van der Waals surface area contributed by atoms with E-state index in [1.165, 1.54) is 12.1 Å². The van der Waals surface area contributed by atoms with Crippen molar-refractivity contribution in [3.05, 3.63) is 63.9 Å². The molecule has 1 N–H and O–H groups in total. The van der Waals surface area contributed by atoms with Gasteiger partial charge in [-0.2, -0.15) is 5.26 Å². The Morgan fingerprint density at radius 3 is 2.75 bits per heavy atom. The minimum Gasteiger partial charge on any atom is -0.322 e. The van der Waals surface area contributed by atoms with Gasteiger partial charge in [0.05, 0.1) is 5.56 Å². The Morgan fingerprint density at radius 1 is 1.30 bits per heavy atom. The molecular formula is C15H10ClFN2O. The Kier molecular flexibility index (Phi) is 4.02. The lowest BCUT2D eigenvalue weighted by Crippen LogP contribution is -2.13. The van der Waals surface area contributed by atoms with Crippen molar-refractivity contribution in [2.24, 2.45) is 0 Å². The molecule has 0 fully saturated rings. The van der Waals surface area contributed by atoms with Crippen LogP contribution in [-0.4, -0.2) is 5.91 Å². The van der Waals surface area contributed by atoms with Crippen LogP contribution in [0.2, 0.25) is 5.02 Å². The van der Waals surface area contributed by atoms with Crippen LogP contribution in [0.4, 0.5) is 10.1 Å². The summed E-state index contributed by atoms with van der Waals surface area (Å²) in [6.07, 6.45) is 0. The van der Waals surface area contributed by atoms with Crippen molar-refractivity contribution in [2.75, 3.05) is 5.32 Å². The van der Waals surface area contributed by atoms with E-state index in [-0.39, 0.29) is 11.5 Å². The van der Waals surface area contributed by atoms with Crippen LogP contribution in [0.25, 0.3) is 0 Å². The fourth-order valence-corrected chi connectivity index (χ4v) is 1.90. The van der Waals surface area contributed by atoms with Gasteiger partial charge >= 0.3 is 0 Å². The summed E-state index contributed by atoms with van der Waals surface area (Å²) in [5.41, 5.74) is 1.44. The number of carbonyl (C=O) groups is 1. The van der Waals surface area contributed by atoms with Crippen LogP contribution in [0.5, 0.6) is 0 Å². The van der Waals surface area contributed by atoms with Gasteiger partial charge in [0.2, 0.25) is 0 Å². The van der Waals surface area contributed by atoms with Crippen LogP contribution in [0.3, 0.4) is 0 Å². The highest BCUT2D eigenvalue weighted by atomic mass is 35.5. The Labute approximate surface area is 120 Å². The fraction of sp³-hybridized carbons (Fsp3) is 0.0667. The van der Waals surface area contributed by atoms with E-state index < -0.39 is 5.82 Å². The number of benzene rings is 2. The fourth-order valence-electron chi connectivity index (χ4n) is 1.73. The zero-order valence-corrected chi connectivity index (χ0v) is 11.3. The molecule has 0 heterocycles. The molecule has 3 nitrogen and oxygen atoms in total. The summed E-state index contributed by atoms with van der Waals surface area (Å²) in [7, 11) is 0. The summed E-state index contributed by atoms with van der Waals surface area (Å²) in [4.78, 5) is 12.1. The number of nitrogens with one attached hydrogen (secondary N) is 1.